The summed E-state index contributed by atoms with van der Waals surface area (Å²) in [5.74, 6) is 1.98. The standard InChI is InChI=1S/C14H24N2O3S/c1-2-19-12-7-11(17)14(12)3-5-16(6-4-14)13(18)10-8-20-9-15-10/h10-12,15,17H,2-9H2,1H3/t10-,11+,12+/m1/s1. The van der Waals surface area contributed by atoms with Crippen LogP contribution in [0.2, 0.25) is 0 Å². The second kappa shape index (κ2) is 5.83. The molecule has 5 nitrogen and oxygen atoms in total. The molecule has 0 aromatic carbocycles. The van der Waals surface area contributed by atoms with E-state index in [1.54, 1.807) is 11.8 Å². The fourth-order valence-electron chi connectivity index (χ4n) is 3.73. The number of ether oxygens (including phenoxy) is 1. The lowest BCUT2D eigenvalue weighted by molar-refractivity contribution is -0.210. The molecule has 3 rings (SSSR count). The first kappa shape index (κ1) is 14.6. The Hall–Kier alpha value is -0.300. The Labute approximate surface area is 124 Å². The average Bonchev–Trinajstić information content (AvgIpc) is 3.01. The number of aliphatic hydroxyl groups excluding tert-OH is 1. The molecule has 0 unspecified atom stereocenters. The minimum absolute atomic E-state index is 0.0111. The summed E-state index contributed by atoms with van der Waals surface area (Å²) in [4.78, 5) is 14.3. The Bertz CT molecular complexity index is 363. The van der Waals surface area contributed by atoms with E-state index in [0.29, 0.717) is 6.61 Å². The number of carbonyl (C=O) groups is 1. The average molecular weight is 300 g/mol. The maximum Gasteiger partial charge on any atom is 0.240 e. The van der Waals surface area contributed by atoms with E-state index in [2.05, 4.69) is 5.32 Å². The molecule has 0 aromatic rings. The van der Waals surface area contributed by atoms with Crippen LogP contribution < -0.4 is 5.32 Å². The molecule has 0 radical (unpaired) electrons. The van der Waals surface area contributed by atoms with Crippen molar-refractivity contribution in [1.82, 2.24) is 10.2 Å². The van der Waals surface area contributed by atoms with Crippen LogP contribution in [0, 0.1) is 5.41 Å². The van der Waals surface area contributed by atoms with Crippen LogP contribution in [0.15, 0.2) is 0 Å². The first-order valence-electron chi connectivity index (χ1n) is 7.57. The van der Waals surface area contributed by atoms with Gasteiger partial charge in [0.25, 0.3) is 0 Å². The lowest BCUT2D eigenvalue weighted by Gasteiger charge is -2.56. The Morgan fingerprint density at radius 2 is 2.25 bits per heavy atom. The monoisotopic (exact) mass is 300 g/mol. The summed E-state index contributed by atoms with van der Waals surface area (Å²) in [5.41, 5.74) is -0.0926. The van der Waals surface area contributed by atoms with Crippen molar-refractivity contribution in [3.63, 3.8) is 0 Å². The second-order valence-corrected chi connectivity index (χ2v) is 7.06. The minimum Gasteiger partial charge on any atom is -0.392 e. The predicted octanol–water partition coefficient (Wildman–Crippen LogP) is 0.427. The van der Waals surface area contributed by atoms with Crippen LogP contribution in [0.25, 0.3) is 0 Å². The Morgan fingerprint density at radius 3 is 2.80 bits per heavy atom. The summed E-state index contributed by atoms with van der Waals surface area (Å²) >= 11 is 1.78. The number of aliphatic hydroxyl groups is 1. The lowest BCUT2D eigenvalue weighted by atomic mass is 9.58. The van der Waals surface area contributed by atoms with Gasteiger partial charge >= 0.3 is 0 Å². The fourth-order valence-corrected chi connectivity index (χ4v) is 4.67. The summed E-state index contributed by atoms with van der Waals surface area (Å²) in [6.45, 7) is 4.20. The maximum atomic E-state index is 12.4. The number of hydrogen-bond acceptors (Lipinski definition) is 5. The molecule has 6 heteroatoms. The third-order valence-corrected chi connectivity index (χ3v) is 6.07. The molecule has 2 saturated heterocycles. The molecule has 0 aromatic heterocycles. The normalized spacial score (nSPS) is 36.1. The Morgan fingerprint density at radius 1 is 1.50 bits per heavy atom. The van der Waals surface area contributed by atoms with Gasteiger partial charge in [-0.3, -0.25) is 10.1 Å². The minimum atomic E-state index is -0.253. The number of amides is 1. The number of thioether (sulfide) groups is 1. The second-order valence-electron chi connectivity index (χ2n) is 6.03. The number of hydrogen-bond donors (Lipinski definition) is 2. The number of nitrogens with zero attached hydrogens (tertiary/aromatic N) is 1. The van der Waals surface area contributed by atoms with E-state index in [1.165, 1.54) is 0 Å². The molecule has 3 aliphatic rings. The van der Waals surface area contributed by atoms with E-state index in [1.807, 2.05) is 11.8 Å². The van der Waals surface area contributed by atoms with Gasteiger partial charge in [0, 0.05) is 43.2 Å². The van der Waals surface area contributed by atoms with Gasteiger partial charge in [-0.1, -0.05) is 0 Å². The zero-order chi connectivity index (χ0) is 14.2. The molecule has 2 aliphatic heterocycles. The van der Waals surface area contributed by atoms with Crippen LogP contribution in [0.1, 0.15) is 26.2 Å². The SMILES string of the molecule is CCO[C@H]1C[C@H](O)C12CCN(C(=O)[C@H]1CSCN1)CC2. The summed E-state index contributed by atoms with van der Waals surface area (Å²) in [6, 6.07) is -0.0111. The van der Waals surface area contributed by atoms with Crippen LogP contribution in [0.3, 0.4) is 0 Å². The molecule has 20 heavy (non-hydrogen) atoms. The highest BCUT2D eigenvalue weighted by molar-refractivity contribution is 7.99. The molecule has 1 amide bonds. The van der Waals surface area contributed by atoms with Crippen molar-refractivity contribution in [2.75, 3.05) is 31.3 Å². The zero-order valence-corrected chi connectivity index (χ0v) is 12.8. The summed E-state index contributed by atoms with van der Waals surface area (Å²) < 4.78 is 5.76. The van der Waals surface area contributed by atoms with Gasteiger partial charge in [-0.25, -0.2) is 0 Å². The third kappa shape index (κ3) is 2.36. The molecule has 1 aliphatic carbocycles. The summed E-state index contributed by atoms with van der Waals surface area (Å²) in [5, 5.41) is 13.4. The molecule has 114 valence electrons. The van der Waals surface area contributed by atoms with Crippen molar-refractivity contribution in [3.05, 3.63) is 0 Å². The summed E-state index contributed by atoms with van der Waals surface area (Å²) in [7, 11) is 0. The Balaban J connectivity index is 1.57. The van der Waals surface area contributed by atoms with E-state index in [4.69, 9.17) is 4.74 Å². The molecule has 2 heterocycles. The van der Waals surface area contributed by atoms with Gasteiger partial charge in [-0.15, -0.1) is 11.8 Å². The van der Waals surface area contributed by atoms with Crippen molar-refractivity contribution in [2.45, 2.75) is 44.4 Å². The van der Waals surface area contributed by atoms with Crippen molar-refractivity contribution < 1.29 is 14.6 Å². The van der Waals surface area contributed by atoms with Gasteiger partial charge in [0.2, 0.25) is 5.91 Å². The van der Waals surface area contributed by atoms with Crippen LogP contribution in [0.5, 0.6) is 0 Å². The number of likely N-dealkylation sites (tertiary alicyclic amines) is 1. The number of nitrogens with one attached hydrogen (secondary N) is 1. The van der Waals surface area contributed by atoms with Gasteiger partial charge in [-0.05, 0) is 19.8 Å². The van der Waals surface area contributed by atoms with E-state index in [0.717, 1.165) is 44.0 Å². The Kier molecular flexibility index (Phi) is 4.26. The number of piperidine rings is 1. The smallest absolute Gasteiger partial charge is 0.240 e. The lowest BCUT2D eigenvalue weighted by Crippen LogP contribution is -2.63. The molecule has 1 spiro atoms. The third-order valence-electron chi connectivity index (χ3n) is 5.13. The van der Waals surface area contributed by atoms with Gasteiger partial charge in [0.1, 0.15) is 0 Å². The van der Waals surface area contributed by atoms with Crippen molar-refractivity contribution >= 4 is 17.7 Å². The van der Waals surface area contributed by atoms with Crippen molar-refractivity contribution in [1.29, 1.82) is 0 Å². The van der Waals surface area contributed by atoms with Crippen molar-refractivity contribution in [3.8, 4) is 0 Å². The van der Waals surface area contributed by atoms with Gasteiger partial charge in [-0.2, -0.15) is 0 Å². The molecule has 1 saturated carbocycles. The van der Waals surface area contributed by atoms with Crippen molar-refractivity contribution in [2.24, 2.45) is 5.41 Å². The predicted molar refractivity (Wildman–Crippen MR) is 78.5 cm³/mol. The van der Waals surface area contributed by atoms with E-state index < -0.39 is 0 Å². The number of carbonyl (C=O) groups excluding carboxylic acids is 1. The highest BCUT2D eigenvalue weighted by atomic mass is 32.2. The molecular formula is C14H24N2O3S. The van der Waals surface area contributed by atoms with E-state index in [-0.39, 0.29) is 29.6 Å². The van der Waals surface area contributed by atoms with E-state index >= 15 is 0 Å². The summed E-state index contributed by atoms with van der Waals surface area (Å²) in [6.07, 6.45) is 2.41. The van der Waals surface area contributed by atoms with E-state index in [9.17, 15) is 9.90 Å². The highest BCUT2D eigenvalue weighted by Crippen LogP contribution is 2.50. The zero-order valence-electron chi connectivity index (χ0n) is 12.0. The first-order valence-corrected chi connectivity index (χ1v) is 8.72. The largest absolute Gasteiger partial charge is 0.392 e. The molecule has 2 N–H and O–H groups in total. The van der Waals surface area contributed by atoms with Crippen LogP contribution in [-0.4, -0.2) is 65.5 Å². The first-order chi connectivity index (χ1) is 9.67. The highest BCUT2D eigenvalue weighted by Gasteiger charge is 2.56. The van der Waals surface area contributed by atoms with Gasteiger partial charge in [0.15, 0.2) is 0 Å². The van der Waals surface area contributed by atoms with Crippen LogP contribution in [0.4, 0.5) is 0 Å². The van der Waals surface area contributed by atoms with Gasteiger partial charge < -0.3 is 14.7 Å². The van der Waals surface area contributed by atoms with Crippen LogP contribution >= 0.6 is 11.8 Å². The van der Waals surface area contributed by atoms with Gasteiger partial charge in [0.05, 0.1) is 18.2 Å². The molecule has 3 atom stereocenters. The van der Waals surface area contributed by atoms with Crippen LogP contribution in [-0.2, 0) is 9.53 Å². The molecule has 3 fully saturated rings. The quantitative estimate of drug-likeness (QED) is 0.791. The molecular weight excluding hydrogens is 276 g/mol. The topological polar surface area (TPSA) is 61.8 Å². The maximum absolute atomic E-state index is 12.4. The fraction of sp³-hybridized carbons (Fsp3) is 0.929. The number of rotatable bonds is 3. The molecule has 0 bridgehead atoms.